The minimum Gasteiger partial charge on any atom is -0.444 e. The van der Waals surface area contributed by atoms with Crippen molar-refractivity contribution in [3.05, 3.63) is 29.8 Å². The van der Waals surface area contributed by atoms with Gasteiger partial charge in [0.1, 0.15) is 5.60 Å². The van der Waals surface area contributed by atoms with Gasteiger partial charge in [0.15, 0.2) is 0 Å². The van der Waals surface area contributed by atoms with Crippen LogP contribution in [0.4, 0.5) is 10.5 Å². The van der Waals surface area contributed by atoms with Gasteiger partial charge in [-0.15, -0.1) is 0 Å². The number of ether oxygens (including phenoxy) is 1. The number of carbonyl (C=O) groups excluding carboxylic acids is 2. The molecular formula is C22H32N2O3. The van der Waals surface area contributed by atoms with E-state index < -0.39 is 11.7 Å². The van der Waals surface area contributed by atoms with Crippen molar-refractivity contribution in [3.8, 4) is 0 Å². The number of amides is 2. The van der Waals surface area contributed by atoms with E-state index in [1.807, 2.05) is 20.8 Å². The Kier molecular flexibility index (Phi) is 5.78. The largest absolute Gasteiger partial charge is 0.444 e. The Bertz CT molecular complexity index is 678. The Morgan fingerprint density at radius 2 is 1.74 bits per heavy atom. The van der Waals surface area contributed by atoms with Crippen molar-refractivity contribution in [3.63, 3.8) is 0 Å². The third-order valence-electron chi connectivity index (χ3n) is 5.78. The normalized spacial score (nSPS) is 25.5. The molecule has 2 amide bonds. The van der Waals surface area contributed by atoms with Gasteiger partial charge in [0.05, 0.1) is 0 Å². The maximum atomic E-state index is 13.1. The Morgan fingerprint density at radius 3 is 2.41 bits per heavy atom. The van der Waals surface area contributed by atoms with Crippen molar-refractivity contribution in [1.29, 1.82) is 0 Å². The maximum Gasteiger partial charge on any atom is 0.412 e. The molecular weight excluding hydrogens is 340 g/mol. The van der Waals surface area contributed by atoms with Crippen molar-refractivity contribution < 1.29 is 14.3 Å². The number of benzene rings is 1. The number of likely N-dealkylation sites (tertiary alicyclic amines) is 1. The number of hydrogen-bond acceptors (Lipinski definition) is 3. The van der Waals surface area contributed by atoms with Crippen LogP contribution in [0.25, 0.3) is 0 Å². The second-order valence-corrected chi connectivity index (χ2v) is 8.98. The summed E-state index contributed by atoms with van der Waals surface area (Å²) in [7, 11) is 0. The average Bonchev–Trinajstić information content (AvgIpc) is 2.61. The summed E-state index contributed by atoms with van der Waals surface area (Å²) in [5.74, 6) is 1.46. The number of rotatable bonds is 2. The van der Waals surface area contributed by atoms with Crippen LogP contribution >= 0.6 is 0 Å². The van der Waals surface area contributed by atoms with Gasteiger partial charge in [0.25, 0.3) is 5.91 Å². The zero-order chi connectivity index (χ0) is 19.6. The van der Waals surface area contributed by atoms with E-state index in [4.69, 9.17) is 4.74 Å². The van der Waals surface area contributed by atoms with Gasteiger partial charge in [-0.25, -0.2) is 4.79 Å². The minimum atomic E-state index is -0.540. The van der Waals surface area contributed by atoms with Gasteiger partial charge in [-0.3, -0.25) is 10.1 Å². The van der Waals surface area contributed by atoms with Gasteiger partial charge >= 0.3 is 6.09 Å². The third-order valence-corrected chi connectivity index (χ3v) is 5.78. The second-order valence-electron chi connectivity index (χ2n) is 8.98. The van der Waals surface area contributed by atoms with Crippen LogP contribution in [0.15, 0.2) is 24.3 Å². The Hall–Kier alpha value is -2.04. The van der Waals surface area contributed by atoms with Gasteiger partial charge in [0, 0.05) is 23.8 Å². The summed E-state index contributed by atoms with van der Waals surface area (Å²) in [6, 6.07) is 7.51. The molecule has 3 atom stereocenters. The number of hydrogen-bond donors (Lipinski definition) is 1. The highest BCUT2D eigenvalue weighted by molar-refractivity contribution is 5.95. The highest BCUT2D eigenvalue weighted by atomic mass is 16.6. The highest BCUT2D eigenvalue weighted by Crippen LogP contribution is 2.39. The molecule has 0 bridgehead atoms. The van der Waals surface area contributed by atoms with Crippen LogP contribution in [-0.4, -0.2) is 35.1 Å². The van der Waals surface area contributed by atoms with Gasteiger partial charge in [-0.05, 0) is 76.1 Å². The summed E-state index contributed by atoms with van der Waals surface area (Å²) in [5.41, 5.74) is 0.772. The number of nitrogens with one attached hydrogen (secondary N) is 1. The van der Waals surface area contributed by atoms with Crippen molar-refractivity contribution in [2.45, 2.75) is 71.4 Å². The molecule has 5 nitrogen and oxygen atoms in total. The van der Waals surface area contributed by atoms with Crippen LogP contribution in [0.5, 0.6) is 0 Å². The second kappa shape index (κ2) is 7.91. The molecule has 3 rings (SSSR count). The van der Waals surface area contributed by atoms with Crippen molar-refractivity contribution >= 4 is 17.7 Å². The number of carbonyl (C=O) groups is 2. The lowest BCUT2D eigenvalue weighted by molar-refractivity contribution is 0.0217. The van der Waals surface area contributed by atoms with Crippen molar-refractivity contribution in [2.75, 3.05) is 11.9 Å². The van der Waals surface area contributed by atoms with Gasteiger partial charge in [-0.1, -0.05) is 19.8 Å². The van der Waals surface area contributed by atoms with Gasteiger partial charge in [-0.2, -0.15) is 0 Å². The quantitative estimate of drug-likeness (QED) is 0.788. The Labute approximate surface area is 162 Å². The smallest absolute Gasteiger partial charge is 0.412 e. The predicted molar refractivity (Wildman–Crippen MR) is 107 cm³/mol. The fraction of sp³-hybridized carbons (Fsp3) is 0.636. The first-order valence-electron chi connectivity index (χ1n) is 10.2. The topological polar surface area (TPSA) is 58.6 Å². The summed E-state index contributed by atoms with van der Waals surface area (Å²) in [6.45, 7) is 8.66. The monoisotopic (exact) mass is 372 g/mol. The summed E-state index contributed by atoms with van der Waals surface area (Å²) < 4.78 is 5.26. The molecule has 148 valence electrons. The predicted octanol–water partition coefficient (Wildman–Crippen LogP) is 5.07. The molecule has 1 aromatic carbocycles. The van der Waals surface area contributed by atoms with Crippen LogP contribution in [0, 0.1) is 11.8 Å². The molecule has 1 aliphatic carbocycles. The molecule has 0 radical (unpaired) electrons. The van der Waals surface area contributed by atoms with Crippen LogP contribution in [-0.2, 0) is 4.74 Å². The molecule has 1 aromatic rings. The van der Waals surface area contributed by atoms with E-state index in [0.29, 0.717) is 29.1 Å². The number of fused-ring (bicyclic) bond motifs is 1. The first kappa shape index (κ1) is 19.7. The first-order valence-corrected chi connectivity index (χ1v) is 10.2. The maximum absolute atomic E-state index is 13.1. The van der Waals surface area contributed by atoms with Crippen LogP contribution in [0.1, 0.15) is 70.2 Å². The molecule has 1 N–H and O–H groups in total. The van der Waals surface area contributed by atoms with Crippen LogP contribution < -0.4 is 5.32 Å². The molecule has 0 spiro atoms. The number of piperidine rings is 1. The fourth-order valence-corrected chi connectivity index (χ4v) is 4.45. The fourth-order valence-electron chi connectivity index (χ4n) is 4.45. The van der Waals surface area contributed by atoms with Crippen LogP contribution in [0.2, 0.25) is 0 Å². The lowest BCUT2D eigenvalue weighted by atomic mass is 9.72. The Morgan fingerprint density at radius 1 is 1.07 bits per heavy atom. The zero-order valence-corrected chi connectivity index (χ0v) is 17.0. The van der Waals surface area contributed by atoms with E-state index in [0.717, 1.165) is 19.4 Å². The summed E-state index contributed by atoms with van der Waals surface area (Å²) >= 11 is 0. The van der Waals surface area contributed by atoms with Crippen LogP contribution in [0.3, 0.4) is 0 Å². The lowest BCUT2D eigenvalue weighted by Gasteiger charge is -2.47. The van der Waals surface area contributed by atoms with Gasteiger partial charge < -0.3 is 9.64 Å². The van der Waals surface area contributed by atoms with E-state index in [2.05, 4.69) is 17.1 Å². The molecule has 2 fully saturated rings. The lowest BCUT2D eigenvalue weighted by Crippen LogP contribution is -2.52. The SMILES string of the molecule is CC1CCN(C(=O)c2ccc(NC(=O)OC(C)(C)C)cc2)C2CCCCC12. The molecule has 2 aliphatic rings. The Balaban J connectivity index is 1.66. The first-order chi connectivity index (χ1) is 12.7. The zero-order valence-electron chi connectivity index (χ0n) is 17.0. The molecule has 1 heterocycles. The van der Waals surface area contributed by atoms with E-state index in [-0.39, 0.29) is 5.91 Å². The molecule has 3 unspecified atom stereocenters. The van der Waals surface area contributed by atoms with E-state index in [1.54, 1.807) is 24.3 Å². The molecule has 1 aliphatic heterocycles. The van der Waals surface area contributed by atoms with Crippen molar-refractivity contribution in [1.82, 2.24) is 4.90 Å². The molecule has 1 saturated carbocycles. The highest BCUT2D eigenvalue weighted by Gasteiger charge is 2.39. The number of nitrogens with zero attached hydrogens (tertiary/aromatic N) is 1. The summed E-state index contributed by atoms with van der Waals surface area (Å²) in [4.78, 5) is 27.1. The summed E-state index contributed by atoms with van der Waals surface area (Å²) in [5, 5.41) is 2.71. The van der Waals surface area contributed by atoms with E-state index in [9.17, 15) is 9.59 Å². The molecule has 0 aromatic heterocycles. The average molecular weight is 373 g/mol. The van der Waals surface area contributed by atoms with Crippen molar-refractivity contribution in [2.24, 2.45) is 11.8 Å². The van der Waals surface area contributed by atoms with E-state index >= 15 is 0 Å². The third kappa shape index (κ3) is 4.82. The standard InChI is InChI=1S/C22H32N2O3/c1-15-13-14-24(19-8-6-5-7-18(15)19)20(25)16-9-11-17(12-10-16)23-21(26)27-22(2,3)4/h9-12,15,18-19H,5-8,13-14H2,1-4H3,(H,23,26). The molecule has 1 saturated heterocycles. The molecule has 5 heteroatoms. The van der Waals surface area contributed by atoms with Gasteiger partial charge in [0.2, 0.25) is 0 Å². The molecule has 27 heavy (non-hydrogen) atoms. The van der Waals surface area contributed by atoms with E-state index in [1.165, 1.54) is 19.3 Å². The minimum absolute atomic E-state index is 0.114. The summed E-state index contributed by atoms with van der Waals surface area (Å²) in [6.07, 6.45) is 5.48. The number of anilines is 1.